The quantitative estimate of drug-likeness (QED) is 0.0471. The number of ether oxygens (including phenoxy) is 4. The van der Waals surface area contributed by atoms with E-state index in [1.165, 1.54) is 36.4 Å². The molecule has 4 N–H and O–H groups in total. The van der Waals surface area contributed by atoms with Gasteiger partial charge in [0.15, 0.2) is 29.7 Å². The first-order valence-corrected chi connectivity index (χ1v) is 18.7. The lowest BCUT2D eigenvalue weighted by atomic mass is 10.1. The standard InChI is InChI=1S/C41H51N3O10/c1-5-9-11-13-15-35(40(49)51-7-3)53-27-18-21-30(33(47)24-27)38-42-37(29-20-17-26(45)23-32(29)46)43-39(44-38)31-22-19-28(25-34(31)48)54-36(41(50)52-8-4)16-14-12-10-6-2/h17-25,35-36,45-48H,5-16H2,1-4H3. The van der Waals surface area contributed by atoms with Crippen LogP contribution < -0.4 is 9.47 Å². The Bertz CT molecular complexity index is 1750. The number of phenolic OH excluding ortho intramolecular Hbond substituents is 4. The third-order valence-electron chi connectivity index (χ3n) is 8.57. The molecule has 4 rings (SSSR count). The van der Waals surface area contributed by atoms with Crippen LogP contribution in [0.1, 0.15) is 91.9 Å². The number of rotatable bonds is 21. The second-order valence-electron chi connectivity index (χ2n) is 12.8. The predicted octanol–water partition coefficient (Wildman–Crippen LogP) is 8.26. The number of phenols is 4. The van der Waals surface area contributed by atoms with Gasteiger partial charge < -0.3 is 39.4 Å². The van der Waals surface area contributed by atoms with Gasteiger partial charge in [0.25, 0.3) is 0 Å². The minimum atomic E-state index is -0.858. The van der Waals surface area contributed by atoms with Gasteiger partial charge in [0.1, 0.15) is 34.5 Å². The number of hydrogen-bond donors (Lipinski definition) is 4. The molecule has 0 saturated carbocycles. The van der Waals surface area contributed by atoms with E-state index in [9.17, 15) is 30.0 Å². The van der Waals surface area contributed by atoms with Crippen molar-refractivity contribution in [3.8, 4) is 68.7 Å². The van der Waals surface area contributed by atoms with Crippen molar-refractivity contribution in [2.24, 2.45) is 0 Å². The number of hydrogen-bond acceptors (Lipinski definition) is 13. The topological polar surface area (TPSA) is 191 Å². The van der Waals surface area contributed by atoms with E-state index in [1.807, 2.05) is 0 Å². The molecule has 0 saturated heterocycles. The van der Waals surface area contributed by atoms with Gasteiger partial charge in [-0.3, -0.25) is 0 Å². The van der Waals surface area contributed by atoms with E-state index in [4.69, 9.17) is 18.9 Å². The zero-order chi connectivity index (χ0) is 39.0. The van der Waals surface area contributed by atoms with Crippen molar-refractivity contribution < 1.29 is 49.0 Å². The highest BCUT2D eigenvalue weighted by molar-refractivity contribution is 5.77. The molecule has 0 amide bonds. The van der Waals surface area contributed by atoms with Gasteiger partial charge in [0, 0.05) is 18.2 Å². The lowest BCUT2D eigenvalue weighted by Crippen LogP contribution is -2.29. The molecule has 1 aromatic heterocycles. The van der Waals surface area contributed by atoms with Gasteiger partial charge in [-0.2, -0.15) is 0 Å². The molecule has 0 aliphatic heterocycles. The van der Waals surface area contributed by atoms with Gasteiger partial charge >= 0.3 is 11.9 Å². The Morgan fingerprint density at radius 2 is 0.926 bits per heavy atom. The molecule has 13 nitrogen and oxygen atoms in total. The Hall–Kier alpha value is -5.59. The van der Waals surface area contributed by atoms with Crippen molar-refractivity contribution in [2.45, 2.75) is 104 Å². The Balaban J connectivity index is 1.70. The Kier molecular flexibility index (Phi) is 15.7. The van der Waals surface area contributed by atoms with Crippen molar-refractivity contribution >= 4 is 11.9 Å². The molecule has 2 atom stereocenters. The minimum absolute atomic E-state index is 0.0118. The average molecular weight is 746 g/mol. The van der Waals surface area contributed by atoms with Crippen LogP contribution in [0.5, 0.6) is 34.5 Å². The summed E-state index contributed by atoms with van der Waals surface area (Å²) in [5.41, 5.74) is 0.485. The first-order chi connectivity index (χ1) is 26.1. The van der Waals surface area contributed by atoms with Crippen molar-refractivity contribution in [3.05, 3.63) is 54.6 Å². The Labute approximate surface area is 316 Å². The van der Waals surface area contributed by atoms with Crippen LogP contribution >= 0.6 is 0 Å². The van der Waals surface area contributed by atoms with Crippen molar-refractivity contribution in [1.82, 2.24) is 15.0 Å². The molecule has 0 spiro atoms. The van der Waals surface area contributed by atoms with Crippen molar-refractivity contribution in [2.75, 3.05) is 13.2 Å². The van der Waals surface area contributed by atoms with E-state index in [2.05, 4.69) is 28.8 Å². The minimum Gasteiger partial charge on any atom is -0.508 e. The summed E-state index contributed by atoms with van der Waals surface area (Å²) in [6.45, 7) is 8.06. The molecule has 0 radical (unpaired) electrons. The highest BCUT2D eigenvalue weighted by atomic mass is 16.6. The van der Waals surface area contributed by atoms with Gasteiger partial charge in [-0.05, 0) is 75.9 Å². The van der Waals surface area contributed by atoms with Crippen LogP contribution in [0.4, 0.5) is 0 Å². The highest BCUT2D eigenvalue weighted by Gasteiger charge is 2.25. The van der Waals surface area contributed by atoms with Gasteiger partial charge in [-0.1, -0.05) is 52.4 Å². The van der Waals surface area contributed by atoms with E-state index in [0.717, 1.165) is 57.4 Å². The van der Waals surface area contributed by atoms with Gasteiger partial charge in [0.05, 0.1) is 29.9 Å². The van der Waals surface area contributed by atoms with E-state index < -0.39 is 24.1 Å². The molecule has 0 aliphatic carbocycles. The maximum absolute atomic E-state index is 12.7. The van der Waals surface area contributed by atoms with Gasteiger partial charge in [-0.15, -0.1) is 0 Å². The number of esters is 2. The summed E-state index contributed by atoms with van der Waals surface area (Å²) in [6.07, 6.45) is 6.78. The second-order valence-corrected chi connectivity index (χ2v) is 12.8. The third kappa shape index (κ3) is 11.5. The van der Waals surface area contributed by atoms with E-state index in [1.54, 1.807) is 26.0 Å². The van der Waals surface area contributed by atoms with Crippen LogP contribution in [0.2, 0.25) is 0 Å². The lowest BCUT2D eigenvalue weighted by Gasteiger charge is -2.19. The van der Waals surface area contributed by atoms with E-state index in [-0.39, 0.29) is 81.9 Å². The summed E-state index contributed by atoms with van der Waals surface area (Å²) in [4.78, 5) is 39.0. The predicted molar refractivity (Wildman–Crippen MR) is 202 cm³/mol. The summed E-state index contributed by atoms with van der Waals surface area (Å²) < 4.78 is 22.4. The van der Waals surface area contributed by atoms with Crippen LogP contribution in [0.15, 0.2) is 54.6 Å². The fourth-order valence-electron chi connectivity index (χ4n) is 5.76. The van der Waals surface area contributed by atoms with Crippen molar-refractivity contribution in [3.63, 3.8) is 0 Å². The first kappa shape index (κ1) is 41.2. The molecule has 0 fully saturated rings. The number of aromatic hydroxyl groups is 4. The lowest BCUT2D eigenvalue weighted by molar-refractivity contribution is -0.152. The molecule has 3 aromatic carbocycles. The van der Waals surface area contributed by atoms with E-state index in [0.29, 0.717) is 12.8 Å². The summed E-state index contributed by atoms with van der Waals surface area (Å²) in [5, 5.41) is 43.1. The Morgan fingerprint density at radius 1 is 0.537 bits per heavy atom. The van der Waals surface area contributed by atoms with Crippen molar-refractivity contribution in [1.29, 1.82) is 0 Å². The van der Waals surface area contributed by atoms with Crippen LogP contribution in [0, 0.1) is 0 Å². The zero-order valence-corrected chi connectivity index (χ0v) is 31.4. The Morgan fingerprint density at radius 3 is 1.28 bits per heavy atom. The zero-order valence-electron chi connectivity index (χ0n) is 31.4. The summed E-state index contributed by atoms with van der Waals surface area (Å²) in [7, 11) is 0. The highest BCUT2D eigenvalue weighted by Crippen LogP contribution is 2.38. The molecule has 2 unspecified atom stereocenters. The van der Waals surface area contributed by atoms with E-state index >= 15 is 0 Å². The summed E-state index contributed by atoms with van der Waals surface area (Å²) in [6, 6.07) is 12.8. The molecule has 290 valence electrons. The molecular weight excluding hydrogens is 694 g/mol. The van der Waals surface area contributed by atoms with Crippen LogP contribution in [-0.2, 0) is 19.1 Å². The first-order valence-electron chi connectivity index (χ1n) is 18.7. The number of carbonyl (C=O) groups excluding carboxylic acids is 2. The summed E-state index contributed by atoms with van der Waals surface area (Å²) in [5.74, 6) is -1.58. The average Bonchev–Trinajstić information content (AvgIpc) is 3.14. The van der Waals surface area contributed by atoms with Crippen LogP contribution in [-0.4, -0.2) is 72.7 Å². The number of carbonyl (C=O) groups is 2. The maximum Gasteiger partial charge on any atom is 0.347 e. The molecule has 54 heavy (non-hydrogen) atoms. The summed E-state index contributed by atoms with van der Waals surface area (Å²) >= 11 is 0. The second kappa shape index (κ2) is 20.6. The number of unbranched alkanes of at least 4 members (excludes halogenated alkanes) is 6. The molecule has 13 heteroatoms. The monoisotopic (exact) mass is 745 g/mol. The molecule has 1 heterocycles. The SMILES string of the molecule is CCCCCCC(Oc1ccc(-c2nc(-c3ccc(O)cc3O)nc(-c3ccc(OC(CCCCCC)C(=O)OCC)cc3O)n2)c(O)c1)C(=O)OCC. The molecule has 4 aromatic rings. The van der Waals surface area contributed by atoms with Gasteiger partial charge in [0.2, 0.25) is 0 Å². The molecular formula is C41H51N3O10. The number of benzene rings is 3. The maximum atomic E-state index is 12.7. The molecule has 0 aliphatic rings. The third-order valence-corrected chi connectivity index (χ3v) is 8.57. The van der Waals surface area contributed by atoms with Crippen LogP contribution in [0.3, 0.4) is 0 Å². The fourth-order valence-corrected chi connectivity index (χ4v) is 5.76. The smallest absolute Gasteiger partial charge is 0.347 e. The normalized spacial score (nSPS) is 12.1. The van der Waals surface area contributed by atoms with Crippen LogP contribution in [0.25, 0.3) is 34.2 Å². The fraction of sp³-hybridized carbons (Fsp3) is 0.439. The van der Waals surface area contributed by atoms with Gasteiger partial charge in [-0.25, -0.2) is 24.5 Å². The largest absolute Gasteiger partial charge is 0.508 e. The number of nitrogens with zero attached hydrogens (tertiary/aromatic N) is 3. The molecule has 0 bridgehead atoms. The number of aromatic nitrogens is 3.